The summed E-state index contributed by atoms with van der Waals surface area (Å²) in [5.74, 6) is -2.15. The number of anilines is 2. The zero-order chi connectivity index (χ0) is 40.6. The normalized spacial score (nSPS) is 17.7. The van der Waals surface area contributed by atoms with Gasteiger partial charge in [0.15, 0.2) is 5.82 Å². The van der Waals surface area contributed by atoms with E-state index in [2.05, 4.69) is 24.9 Å². The summed E-state index contributed by atoms with van der Waals surface area (Å²) in [5.41, 5.74) is 2.59. The number of likely N-dealkylation sites (tertiary alicyclic amines) is 1. The van der Waals surface area contributed by atoms with Gasteiger partial charge in [-0.05, 0) is 63.3 Å². The fourth-order valence-electron chi connectivity index (χ4n) is 6.81. The molecule has 0 saturated carbocycles. The third-order valence-electron chi connectivity index (χ3n) is 9.16. The van der Waals surface area contributed by atoms with E-state index in [-0.39, 0.29) is 56.0 Å². The van der Waals surface area contributed by atoms with Crippen molar-refractivity contribution in [3.05, 3.63) is 41.0 Å². The highest BCUT2D eigenvalue weighted by atomic mass is 32.1. The Balaban J connectivity index is 0.000000245. The predicted octanol–water partition coefficient (Wildman–Crippen LogP) is 7.92. The van der Waals surface area contributed by atoms with Crippen molar-refractivity contribution in [2.45, 2.75) is 57.4 Å². The number of aromatic nitrogens is 2. The van der Waals surface area contributed by atoms with Crippen molar-refractivity contribution in [2.75, 3.05) is 79.2 Å². The molecule has 0 bridgehead atoms. The minimum Gasteiger partial charge on any atom is -0.467 e. The van der Waals surface area contributed by atoms with Crippen LogP contribution in [0.2, 0.25) is 0 Å². The maximum Gasteiger partial charge on any atom is 0.417 e. The third-order valence-corrected chi connectivity index (χ3v) is 10.2. The zero-order valence-corrected chi connectivity index (χ0v) is 32.4. The molecule has 4 aromatic rings. The van der Waals surface area contributed by atoms with Gasteiger partial charge in [-0.2, -0.15) is 28.4 Å². The number of carbonyl (C=O) groups is 1. The molecule has 2 unspecified atom stereocenters. The van der Waals surface area contributed by atoms with Crippen LogP contribution in [0.1, 0.15) is 50.2 Å². The lowest BCUT2D eigenvalue weighted by Crippen LogP contribution is -2.36. The van der Waals surface area contributed by atoms with E-state index in [4.69, 9.17) is 10.5 Å². The number of nitriles is 1. The van der Waals surface area contributed by atoms with E-state index in [1.54, 1.807) is 46.2 Å². The average molecular weight is 797 g/mol. The van der Waals surface area contributed by atoms with Gasteiger partial charge < -0.3 is 30.3 Å². The number of rotatable bonds is 4. The van der Waals surface area contributed by atoms with Crippen molar-refractivity contribution >= 4 is 49.2 Å². The van der Waals surface area contributed by atoms with Crippen molar-refractivity contribution in [1.82, 2.24) is 24.7 Å². The van der Waals surface area contributed by atoms with Crippen LogP contribution < -0.4 is 15.8 Å². The van der Waals surface area contributed by atoms with Gasteiger partial charge in [-0.15, -0.1) is 11.3 Å². The van der Waals surface area contributed by atoms with Crippen LogP contribution in [0.4, 0.5) is 42.0 Å². The summed E-state index contributed by atoms with van der Waals surface area (Å²) in [5, 5.41) is 11.8. The largest absolute Gasteiger partial charge is 0.467 e. The molecule has 0 aliphatic carbocycles. The van der Waals surface area contributed by atoms with Gasteiger partial charge in [0.05, 0.1) is 22.9 Å². The summed E-state index contributed by atoms with van der Waals surface area (Å²) >= 11 is 0.698. The molecule has 11 nitrogen and oxygen atoms in total. The first-order valence-electron chi connectivity index (χ1n) is 17.7. The molecule has 0 spiro atoms. The number of hydrogen-bond donors (Lipinski definition) is 2. The lowest BCUT2D eigenvalue weighted by Gasteiger charge is -2.20. The van der Waals surface area contributed by atoms with Crippen LogP contribution in [0.15, 0.2) is 18.2 Å². The van der Waals surface area contributed by atoms with Gasteiger partial charge in [-0.25, -0.2) is 18.0 Å². The van der Waals surface area contributed by atoms with Gasteiger partial charge in [-0.1, -0.05) is 6.07 Å². The molecule has 0 radical (unpaired) electrons. The number of carbonyl (C=O) groups excluding carboxylic acids is 1. The second-order valence-electron chi connectivity index (χ2n) is 13.3. The van der Waals surface area contributed by atoms with Crippen molar-refractivity contribution < 1.29 is 40.6 Å². The number of fused-ring (bicyclic) bond motifs is 3. The first-order chi connectivity index (χ1) is 26.1. The molecule has 55 heavy (non-hydrogen) atoms. The van der Waals surface area contributed by atoms with Crippen LogP contribution >= 0.6 is 11.3 Å². The smallest absolute Gasteiger partial charge is 0.417 e. The van der Waals surface area contributed by atoms with Crippen LogP contribution in [-0.2, 0) is 10.9 Å². The fourth-order valence-corrected chi connectivity index (χ4v) is 7.76. The van der Waals surface area contributed by atoms with E-state index in [0.29, 0.717) is 23.9 Å². The quantitative estimate of drug-likeness (QED) is 0.198. The van der Waals surface area contributed by atoms with Crippen molar-refractivity contribution in [1.29, 1.82) is 5.26 Å². The Morgan fingerprint density at radius 3 is 2.36 bits per heavy atom. The van der Waals surface area contributed by atoms with Crippen LogP contribution in [0.3, 0.4) is 0 Å². The molecular weight excluding hydrogens is 751 g/mol. The number of nitrogens with two attached hydrogens (primary N) is 1. The number of halogens is 6. The van der Waals surface area contributed by atoms with Crippen LogP contribution in [-0.4, -0.2) is 111 Å². The molecule has 300 valence electrons. The Kier molecular flexibility index (Phi) is 14.8. The molecule has 2 atom stereocenters. The predicted molar refractivity (Wildman–Crippen MR) is 202 cm³/mol. The summed E-state index contributed by atoms with van der Waals surface area (Å²) in [7, 11) is 8.07. The fraction of sp³-hybridized carbons (Fsp3) is 0.514. The first kappa shape index (κ1) is 43.1. The van der Waals surface area contributed by atoms with Gasteiger partial charge >= 0.3 is 18.2 Å². The second kappa shape index (κ2) is 18.8. The van der Waals surface area contributed by atoms with Crippen molar-refractivity contribution in [2.24, 2.45) is 0 Å². The summed E-state index contributed by atoms with van der Waals surface area (Å²) in [4.78, 5) is 24.9. The summed E-state index contributed by atoms with van der Waals surface area (Å²) in [6, 6.07) is 4.90. The molecule has 7 rings (SSSR count). The first-order valence-corrected chi connectivity index (χ1v) is 18.5. The molecule has 3 saturated heterocycles. The molecule has 3 N–H and O–H groups in total. The third kappa shape index (κ3) is 9.80. The Labute approximate surface area is 320 Å². The highest BCUT2D eigenvalue weighted by molar-refractivity contribution is 7.23. The molecule has 2 amide bonds. The van der Waals surface area contributed by atoms with Crippen molar-refractivity contribution in [3.8, 4) is 23.2 Å². The van der Waals surface area contributed by atoms with E-state index in [1.807, 2.05) is 4.90 Å². The van der Waals surface area contributed by atoms with Crippen LogP contribution in [0.25, 0.3) is 32.1 Å². The Hall–Kier alpha value is -4.60. The number of nitrogens with zero attached hydrogens (tertiary/aromatic N) is 6. The number of nitrogen functional groups attached to an aromatic ring is 1. The summed E-state index contributed by atoms with van der Waals surface area (Å²) in [6.45, 7) is 5.72. The van der Waals surface area contributed by atoms with E-state index < -0.39 is 40.6 Å². The summed E-state index contributed by atoms with van der Waals surface area (Å²) in [6.07, 6.45) is 0.148. The van der Waals surface area contributed by atoms with Crippen molar-refractivity contribution in [3.63, 3.8) is 0 Å². The maximum atomic E-state index is 15.9. The molecule has 3 fully saturated rings. The molecule has 18 heteroatoms. The SMILES string of the molecule is CCNc1nc(OC)nc2c(F)c(-c3ccc(F)c4sc(N)c(C#N)c34)c(C(F)(F)F)cc12.CN(C)C(=O)N1CCCC1.COC.FC1CC2CCCN2C1. The number of methoxy groups -OCH3 is 2. The Bertz CT molecular complexity index is 1990. The Morgan fingerprint density at radius 2 is 1.80 bits per heavy atom. The summed E-state index contributed by atoms with van der Waals surface area (Å²) < 4.78 is 94.4. The van der Waals surface area contributed by atoms with Crippen LogP contribution in [0.5, 0.6) is 6.01 Å². The van der Waals surface area contributed by atoms with E-state index in [9.17, 15) is 32.0 Å². The molecule has 3 aliphatic rings. The number of urea groups is 1. The lowest BCUT2D eigenvalue weighted by molar-refractivity contribution is -0.137. The van der Waals surface area contributed by atoms with Gasteiger partial charge in [0, 0.05) is 76.9 Å². The van der Waals surface area contributed by atoms with E-state index >= 15 is 4.39 Å². The zero-order valence-electron chi connectivity index (χ0n) is 31.6. The molecular formula is C37H46F6N8O3S. The number of benzene rings is 2. The maximum absolute atomic E-state index is 15.9. The number of ether oxygens (including phenoxy) is 2. The minimum atomic E-state index is -5.00. The molecule has 2 aromatic heterocycles. The number of thiophene rings is 1. The number of alkyl halides is 4. The number of hydrogen-bond acceptors (Lipinski definition) is 10. The van der Waals surface area contributed by atoms with Gasteiger partial charge in [0.1, 0.15) is 34.4 Å². The number of nitrogens with one attached hydrogen (secondary N) is 1. The van der Waals surface area contributed by atoms with Crippen LogP contribution in [0, 0.1) is 23.0 Å². The molecule has 3 aliphatic heterocycles. The Morgan fingerprint density at radius 1 is 1.13 bits per heavy atom. The highest BCUT2D eigenvalue weighted by Crippen LogP contribution is 2.47. The minimum absolute atomic E-state index is 0.0444. The van der Waals surface area contributed by atoms with E-state index in [0.717, 1.165) is 44.3 Å². The van der Waals surface area contributed by atoms with Gasteiger partial charge in [0.25, 0.3) is 0 Å². The topological polar surface area (TPSA) is 133 Å². The van der Waals surface area contributed by atoms with Gasteiger partial charge in [0.2, 0.25) is 0 Å². The average Bonchev–Trinajstić information content (AvgIpc) is 3.94. The monoisotopic (exact) mass is 796 g/mol. The van der Waals surface area contributed by atoms with E-state index in [1.165, 1.54) is 32.8 Å². The second-order valence-corrected chi connectivity index (χ2v) is 14.3. The standard InChI is InChI=1S/C21H14F5N5OS.C7H12FN.C7H14N2O.C2H6O/c1-3-29-19-9-6-11(21(24,25)26)14(15(23)16(9)30-20(31-19)32-2)8-4-5-12(22)17-13(8)10(7-27)18(28)33-17;8-6-4-7-2-1-3-9(7)5-6;1-8(2)7(10)9-5-3-4-6-9;1-3-2/h4-6H,3,28H2,1-2H3,(H,29,30,31);6-7H,1-5H2;3-6H2,1-2H3;1-2H3. The molecule has 5 heterocycles. The molecule has 2 aromatic carbocycles. The lowest BCUT2D eigenvalue weighted by atomic mass is 9.92. The number of amides is 2. The highest BCUT2D eigenvalue weighted by Gasteiger charge is 2.38. The van der Waals surface area contributed by atoms with Gasteiger partial charge in [-0.3, -0.25) is 4.90 Å².